The Hall–Kier alpha value is -2.88. The van der Waals surface area contributed by atoms with Gasteiger partial charge in [0.05, 0.1) is 7.11 Å². The van der Waals surface area contributed by atoms with Crippen LogP contribution in [0.4, 0.5) is 0 Å². The molecular formula is C21H21NO3. The van der Waals surface area contributed by atoms with Gasteiger partial charge in [0.2, 0.25) is 5.91 Å². The van der Waals surface area contributed by atoms with Crippen molar-refractivity contribution in [3.05, 3.63) is 77.9 Å². The van der Waals surface area contributed by atoms with E-state index in [4.69, 9.17) is 4.74 Å². The highest BCUT2D eigenvalue weighted by atomic mass is 16.5. The third kappa shape index (κ3) is 3.48. The van der Waals surface area contributed by atoms with E-state index in [1.165, 1.54) is 14.0 Å². The zero-order valence-corrected chi connectivity index (χ0v) is 14.4. The second kappa shape index (κ2) is 6.93. The summed E-state index contributed by atoms with van der Waals surface area (Å²) in [7, 11) is 1.35. The number of amides is 1. The normalized spacial score (nSPS) is 21.1. The molecule has 0 aromatic heterocycles. The number of carbonyl (C=O) groups excluding carboxylic acids is 2. The van der Waals surface area contributed by atoms with Crippen molar-refractivity contribution in [3.8, 4) is 0 Å². The third-order valence-electron chi connectivity index (χ3n) is 4.50. The van der Waals surface area contributed by atoms with Gasteiger partial charge in [0.1, 0.15) is 5.54 Å². The van der Waals surface area contributed by atoms with Gasteiger partial charge in [0.25, 0.3) is 0 Å². The summed E-state index contributed by atoms with van der Waals surface area (Å²) in [6, 6.07) is 20.1. The fourth-order valence-corrected chi connectivity index (χ4v) is 3.21. The Kier molecular flexibility index (Phi) is 4.70. The van der Waals surface area contributed by atoms with Crippen molar-refractivity contribution in [2.45, 2.75) is 18.9 Å². The van der Waals surface area contributed by atoms with Gasteiger partial charge in [-0.2, -0.15) is 0 Å². The Balaban J connectivity index is 2.00. The lowest BCUT2D eigenvalue weighted by molar-refractivity contribution is -0.146. The topological polar surface area (TPSA) is 55.4 Å². The van der Waals surface area contributed by atoms with Crippen molar-refractivity contribution in [2.75, 3.05) is 7.11 Å². The number of carbonyl (C=O) groups is 2. The largest absolute Gasteiger partial charge is 0.467 e. The van der Waals surface area contributed by atoms with E-state index in [0.717, 1.165) is 16.7 Å². The van der Waals surface area contributed by atoms with E-state index in [1.807, 2.05) is 60.7 Å². The first-order chi connectivity index (χ1) is 12.1. The minimum absolute atomic E-state index is 0.0979. The van der Waals surface area contributed by atoms with Gasteiger partial charge in [-0.05, 0) is 23.1 Å². The average molecular weight is 335 g/mol. The van der Waals surface area contributed by atoms with Crippen LogP contribution in [-0.4, -0.2) is 24.5 Å². The van der Waals surface area contributed by atoms with Crippen LogP contribution in [-0.2, 0) is 14.3 Å². The number of methoxy groups -OCH3 is 1. The molecule has 2 atom stereocenters. The molecule has 3 rings (SSSR count). The first kappa shape index (κ1) is 17.0. The van der Waals surface area contributed by atoms with Gasteiger partial charge in [-0.1, -0.05) is 66.7 Å². The van der Waals surface area contributed by atoms with Crippen LogP contribution in [0, 0.1) is 5.92 Å². The smallest absolute Gasteiger partial charge is 0.332 e. The average Bonchev–Trinajstić information content (AvgIpc) is 3.33. The Morgan fingerprint density at radius 3 is 2.00 bits per heavy atom. The van der Waals surface area contributed by atoms with Crippen molar-refractivity contribution in [1.29, 1.82) is 0 Å². The summed E-state index contributed by atoms with van der Waals surface area (Å²) in [5.41, 5.74) is 2.24. The molecule has 1 N–H and O–H groups in total. The quantitative estimate of drug-likeness (QED) is 0.854. The predicted molar refractivity (Wildman–Crippen MR) is 96.6 cm³/mol. The standard InChI is InChI=1S/C21H21NO3/c1-15(23)22-21(20(24)25-2)14-18(21)13-19(16-9-5-3-6-10-16)17-11-7-4-8-12-17/h3-13,18H,14H2,1-2H3,(H,22,23). The molecule has 0 spiro atoms. The van der Waals surface area contributed by atoms with Gasteiger partial charge >= 0.3 is 5.97 Å². The molecule has 1 aliphatic carbocycles. The highest BCUT2D eigenvalue weighted by molar-refractivity contribution is 5.92. The Morgan fingerprint density at radius 1 is 1.04 bits per heavy atom. The zero-order valence-electron chi connectivity index (χ0n) is 14.4. The number of nitrogens with one attached hydrogen (secondary N) is 1. The van der Waals surface area contributed by atoms with E-state index in [0.29, 0.717) is 6.42 Å². The van der Waals surface area contributed by atoms with Crippen molar-refractivity contribution in [3.63, 3.8) is 0 Å². The lowest BCUT2D eigenvalue weighted by Gasteiger charge is -2.16. The van der Waals surface area contributed by atoms with Gasteiger partial charge in [0.15, 0.2) is 0 Å². The minimum Gasteiger partial charge on any atom is -0.467 e. The second-order valence-electron chi connectivity index (χ2n) is 6.27. The molecule has 25 heavy (non-hydrogen) atoms. The van der Waals surface area contributed by atoms with E-state index < -0.39 is 11.5 Å². The molecule has 1 amide bonds. The molecular weight excluding hydrogens is 314 g/mol. The van der Waals surface area contributed by atoms with Crippen LogP contribution in [0.5, 0.6) is 0 Å². The number of ether oxygens (including phenoxy) is 1. The monoisotopic (exact) mass is 335 g/mol. The van der Waals surface area contributed by atoms with E-state index >= 15 is 0 Å². The maximum atomic E-state index is 12.2. The fraction of sp³-hybridized carbons (Fsp3) is 0.238. The highest BCUT2D eigenvalue weighted by Crippen LogP contribution is 2.47. The summed E-state index contributed by atoms with van der Waals surface area (Å²) in [6.07, 6.45) is 2.61. The van der Waals surface area contributed by atoms with Crippen molar-refractivity contribution in [2.24, 2.45) is 5.92 Å². The van der Waals surface area contributed by atoms with E-state index in [9.17, 15) is 9.59 Å². The molecule has 4 nitrogen and oxygen atoms in total. The first-order valence-corrected chi connectivity index (χ1v) is 8.26. The highest BCUT2D eigenvalue weighted by Gasteiger charge is 2.61. The molecule has 0 aliphatic heterocycles. The number of rotatable bonds is 5. The number of benzene rings is 2. The van der Waals surface area contributed by atoms with E-state index in [2.05, 4.69) is 11.4 Å². The van der Waals surface area contributed by atoms with Gasteiger partial charge in [0, 0.05) is 12.8 Å². The lowest BCUT2D eigenvalue weighted by Crippen LogP contribution is -2.44. The minimum atomic E-state index is -0.949. The Morgan fingerprint density at radius 2 is 1.56 bits per heavy atom. The summed E-state index contributed by atoms with van der Waals surface area (Å²) in [4.78, 5) is 23.8. The molecule has 128 valence electrons. The van der Waals surface area contributed by atoms with Gasteiger partial charge in [-0.3, -0.25) is 4.79 Å². The molecule has 0 radical (unpaired) electrons. The summed E-state index contributed by atoms with van der Waals surface area (Å²) < 4.78 is 4.92. The third-order valence-corrected chi connectivity index (χ3v) is 4.50. The predicted octanol–water partition coefficient (Wildman–Crippen LogP) is 3.19. The summed E-state index contributed by atoms with van der Waals surface area (Å²) in [5.74, 6) is -0.731. The Labute approximate surface area is 147 Å². The first-order valence-electron chi connectivity index (χ1n) is 8.26. The maximum Gasteiger partial charge on any atom is 0.332 e. The number of hydrogen-bond donors (Lipinski definition) is 1. The molecule has 1 saturated carbocycles. The summed E-state index contributed by atoms with van der Waals surface area (Å²) in [6.45, 7) is 1.42. The summed E-state index contributed by atoms with van der Waals surface area (Å²) in [5, 5.41) is 2.78. The van der Waals surface area contributed by atoms with E-state index in [1.54, 1.807) is 0 Å². The molecule has 2 aromatic carbocycles. The van der Waals surface area contributed by atoms with Crippen LogP contribution in [0.1, 0.15) is 24.5 Å². The van der Waals surface area contributed by atoms with Crippen LogP contribution in [0.15, 0.2) is 66.7 Å². The molecule has 4 heteroatoms. The summed E-state index contributed by atoms with van der Waals surface area (Å²) >= 11 is 0. The van der Waals surface area contributed by atoms with Crippen molar-refractivity contribution < 1.29 is 14.3 Å². The molecule has 2 unspecified atom stereocenters. The van der Waals surface area contributed by atoms with Crippen molar-refractivity contribution >= 4 is 17.4 Å². The Bertz CT molecular complexity index is 757. The van der Waals surface area contributed by atoms with Crippen LogP contribution in [0.25, 0.3) is 5.57 Å². The molecule has 0 bridgehead atoms. The van der Waals surface area contributed by atoms with Gasteiger partial charge in [-0.15, -0.1) is 0 Å². The zero-order chi connectivity index (χ0) is 17.9. The molecule has 0 saturated heterocycles. The van der Waals surface area contributed by atoms with Crippen LogP contribution in [0.2, 0.25) is 0 Å². The van der Waals surface area contributed by atoms with Crippen LogP contribution in [0.3, 0.4) is 0 Å². The van der Waals surface area contributed by atoms with Gasteiger partial charge < -0.3 is 10.1 Å². The molecule has 1 aliphatic rings. The van der Waals surface area contributed by atoms with Crippen LogP contribution >= 0.6 is 0 Å². The fourth-order valence-electron chi connectivity index (χ4n) is 3.21. The lowest BCUT2D eigenvalue weighted by atomic mass is 9.96. The number of hydrogen-bond acceptors (Lipinski definition) is 3. The number of esters is 1. The van der Waals surface area contributed by atoms with Gasteiger partial charge in [-0.25, -0.2) is 4.79 Å². The SMILES string of the molecule is COC(=O)C1(NC(C)=O)CC1C=C(c1ccccc1)c1ccccc1. The molecule has 0 heterocycles. The molecule has 1 fully saturated rings. The second-order valence-corrected chi connectivity index (χ2v) is 6.27. The molecule has 2 aromatic rings. The van der Waals surface area contributed by atoms with Crippen LogP contribution < -0.4 is 5.32 Å². The van der Waals surface area contributed by atoms with E-state index in [-0.39, 0.29) is 11.8 Å². The van der Waals surface area contributed by atoms with Crippen molar-refractivity contribution in [1.82, 2.24) is 5.32 Å². The maximum absolute atomic E-state index is 12.2.